The Balaban J connectivity index is 2.89. The first-order valence-corrected chi connectivity index (χ1v) is 5.06. The molecule has 5 heteroatoms. The van der Waals surface area contributed by atoms with E-state index in [9.17, 15) is 14.0 Å². The standard InChI is InChI=1S/C11H11ClFNO2/c1-6(7(2)15)14-11(16)8-4-3-5-9(12)10(8)13/h3-6H,1-2H3,(H,14,16). The molecule has 0 bridgehead atoms. The van der Waals surface area contributed by atoms with Gasteiger partial charge in [0, 0.05) is 0 Å². The quantitative estimate of drug-likeness (QED) is 0.885. The average Bonchev–Trinajstić information content (AvgIpc) is 2.21. The van der Waals surface area contributed by atoms with Gasteiger partial charge in [0.25, 0.3) is 5.91 Å². The van der Waals surface area contributed by atoms with Gasteiger partial charge in [0.1, 0.15) is 0 Å². The van der Waals surface area contributed by atoms with E-state index in [0.717, 1.165) is 0 Å². The molecule has 1 rings (SSSR count). The highest BCUT2D eigenvalue weighted by Gasteiger charge is 2.17. The Morgan fingerprint density at radius 1 is 1.44 bits per heavy atom. The van der Waals surface area contributed by atoms with E-state index in [2.05, 4.69) is 5.32 Å². The Labute approximate surface area is 97.6 Å². The number of carbonyl (C=O) groups is 2. The second-order valence-electron chi connectivity index (χ2n) is 3.41. The fourth-order valence-corrected chi connectivity index (χ4v) is 1.23. The first-order valence-electron chi connectivity index (χ1n) is 4.68. The molecule has 0 saturated heterocycles. The van der Waals surface area contributed by atoms with Crippen molar-refractivity contribution in [1.29, 1.82) is 0 Å². The molecule has 0 aromatic heterocycles. The molecular weight excluding hydrogens is 233 g/mol. The van der Waals surface area contributed by atoms with Crippen molar-refractivity contribution < 1.29 is 14.0 Å². The van der Waals surface area contributed by atoms with Gasteiger partial charge in [-0.05, 0) is 26.0 Å². The Morgan fingerprint density at radius 3 is 2.62 bits per heavy atom. The smallest absolute Gasteiger partial charge is 0.254 e. The van der Waals surface area contributed by atoms with Crippen LogP contribution in [-0.2, 0) is 4.79 Å². The maximum Gasteiger partial charge on any atom is 0.254 e. The van der Waals surface area contributed by atoms with Crippen LogP contribution in [-0.4, -0.2) is 17.7 Å². The van der Waals surface area contributed by atoms with E-state index in [-0.39, 0.29) is 16.4 Å². The highest BCUT2D eigenvalue weighted by atomic mass is 35.5. The Morgan fingerprint density at radius 2 is 2.06 bits per heavy atom. The third-order valence-corrected chi connectivity index (χ3v) is 2.45. The van der Waals surface area contributed by atoms with Crippen molar-refractivity contribution in [3.8, 4) is 0 Å². The lowest BCUT2D eigenvalue weighted by atomic mass is 10.1. The Kier molecular flexibility index (Phi) is 4.01. The summed E-state index contributed by atoms with van der Waals surface area (Å²) in [4.78, 5) is 22.5. The lowest BCUT2D eigenvalue weighted by molar-refractivity contribution is -0.118. The van der Waals surface area contributed by atoms with Crippen molar-refractivity contribution in [3.63, 3.8) is 0 Å². The fourth-order valence-electron chi connectivity index (χ4n) is 1.06. The average molecular weight is 244 g/mol. The van der Waals surface area contributed by atoms with Gasteiger partial charge in [-0.1, -0.05) is 17.7 Å². The first kappa shape index (κ1) is 12.6. The summed E-state index contributed by atoms with van der Waals surface area (Å²) in [6, 6.07) is 3.48. The van der Waals surface area contributed by atoms with Crippen molar-refractivity contribution in [3.05, 3.63) is 34.6 Å². The van der Waals surface area contributed by atoms with Crippen LogP contribution < -0.4 is 5.32 Å². The van der Waals surface area contributed by atoms with Gasteiger partial charge in [0.15, 0.2) is 11.6 Å². The van der Waals surface area contributed by atoms with Gasteiger partial charge < -0.3 is 5.32 Å². The first-order chi connectivity index (χ1) is 7.43. The van der Waals surface area contributed by atoms with E-state index in [4.69, 9.17) is 11.6 Å². The van der Waals surface area contributed by atoms with E-state index < -0.39 is 17.8 Å². The molecule has 1 amide bonds. The van der Waals surface area contributed by atoms with E-state index in [0.29, 0.717) is 0 Å². The number of Topliss-reactive ketones (excluding diaryl/α,β-unsaturated/α-hetero) is 1. The number of benzene rings is 1. The van der Waals surface area contributed by atoms with E-state index in [1.807, 2.05) is 0 Å². The fraction of sp³-hybridized carbons (Fsp3) is 0.273. The number of hydrogen-bond donors (Lipinski definition) is 1. The summed E-state index contributed by atoms with van der Waals surface area (Å²) >= 11 is 5.54. The summed E-state index contributed by atoms with van der Waals surface area (Å²) in [5.74, 6) is -1.63. The molecule has 1 atom stereocenters. The molecule has 0 saturated carbocycles. The molecule has 1 aromatic carbocycles. The van der Waals surface area contributed by atoms with E-state index in [1.165, 1.54) is 32.0 Å². The third-order valence-electron chi connectivity index (χ3n) is 2.15. The summed E-state index contributed by atoms with van der Waals surface area (Å²) in [6.45, 7) is 2.88. The number of rotatable bonds is 3. The monoisotopic (exact) mass is 243 g/mol. The maximum absolute atomic E-state index is 13.4. The molecule has 1 aromatic rings. The van der Waals surface area contributed by atoms with Gasteiger partial charge >= 0.3 is 0 Å². The normalized spacial score (nSPS) is 12.0. The number of nitrogens with one attached hydrogen (secondary N) is 1. The number of ketones is 1. The van der Waals surface area contributed by atoms with Crippen molar-refractivity contribution in [2.75, 3.05) is 0 Å². The molecule has 0 aliphatic rings. The highest BCUT2D eigenvalue weighted by Crippen LogP contribution is 2.17. The van der Waals surface area contributed by atoms with Crippen LogP contribution in [0.25, 0.3) is 0 Å². The molecule has 0 aliphatic carbocycles. The minimum Gasteiger partial charge on any atom is -0.342 e. The van der Waals surface area contributed by atoms with Crippen molar-refractivity contribution >= 4 is 23.3 Å². The minimum atomic E-state index is -0.780. The van der Waals surface area contributed by atoms with E-state index >= 15 is 0 Å². The summed E-state index contributed by atoms with van der Waals surface area (Å²) < 4.78 is 13.4. The lowest BCUT2D eigenvalue weighted by Gasteiger charge is -2.11. The van der Waals surface area contributed by atoms with E-state index in [1.54, 1.807) is 0 Å². The zero-order chi connectivity index (χ0) is 12.3. The van der Waals surface area contributed by atoms with Crippen LogP contribution in [0.3, 0.4) is 0 Å². The minimum absolute atomic E-state index is 0.122. The Hall–Kier alpha value is -1.42. The summed E-state index contributed by atoms with van der Waals surface area (Å²) in [5.41, 5.74) is -0.166. The van der Waals surface area contributed by atoms with Gasteiger partial charge in [-0.3, -0.25) is 9.59 Å². The van der Waals surface area contributed by atoms with Gasteiger partial charge in [-0.25, -0.2) is 4.39 Å². The second-order valence-corrected chi connectivity index (χ2v) is 3.81. The summed E-state index contributed by atoms with van der Waals surface area (Å²) in [5, 5.41) is 2.25. The molecule has 1 unspecified atom stereocenters. The van der Waals surface area contributed by atoms with Gasteiger partial charge in [0.05, 0.1) is 16.6 Å². The third kappa shape index (κ3) is 2.79. The van der Waals surface area contributed by atoms with Crippen molar-refractivity contribution in [2.24, 2.45) is 0 Å². The van der Waals surface area contributed by atoms with Gasteiger partial charge in [-0.2, -0.15) is 0 Å². The topological polar surface area (TPSA) is 46.2 Å². The van der Waals surface area contributed by atoms with Crippen LogP contribution in [0.2, 0.25) is 5.02 Å². The molecule has 0 heterocycles. The highest BCUT2D eigenvalue weighted by molar-refractivity contribution is 6.31. The molecule has 86 valence electrons. The predicted octanol–water partition coefficient (Wildman–Crippen LogP) is 2.19. The number of carbonyl (C=O) groups excluding carboxylic acids is 2. The molecule has 0 spiro atoms. The van der Waals surface area contributed by atoms with Crippen LogP contribution in [0.5, 0.6) is 0 Å². The van der Waals surface area contributed by atoms with Crippen LogP contribution in [0, 0.1) is 5.82 Å². The zero-order valence-electron chi connectivity index (χ0n) is 8.88. The van der Waals surface area contributed by atoms with Gasteiger partial charge in [-0.15, -0.1) is 0 Å². The zero-order valence-corrected chi connectivity index (χ0v) is 9.64. The molecule has 3 nitrogen and oxygen atoms in total. The summed E-state index contributed by atoms with van der Waals surface area (Å²) in [7, 11) is 0. The molecule has 0 fully saturated rings. The molecule has 1 N–H and O–H groups in total. The number of amides is 1. The maximum atomic E-state index is 13.4. The second kappa shape index (κ2) is 5.07. The predicted molar refractivity (Wildman–Crippen MR) is 59.0 cm³/mol. The van der Waals surface area contributed by atoms with Crippen LogP contribution in [0.15, 0.2) is 18.2 Å². The van der Waals surface area contributed by atoms with Crippen LogP contribution in [0.1, 0.15) is 24.2 Å². The molecular formula is C11H11ClFNO2. The molecule has 0 radical (unpaired) electrons. The van der Waals surface area contributed by atoms with Crippen molar-refractivity contribution in [1.82, 2.24) is 5.32 Å². The number of halogens is 2. The Bertz CT molecular complexity index is 434. The van der Waals surface area contributed by atoms with Gasteiger partial charge in [0.2, 0.25) is 0 Å². The van der Waals surface area contributed by atoms with Crippen LogP contribution >= 0.6 is 11.6 Å². The van der Waals surface area contributed by atoms with Crippen LogP contribution in [0.4, 0.5) is 4.39 Å². The van der Waals surface area contributed by atoms with Crippen molar-refractivity contribution in [2.45, 2.75) is 19.9 Å². The lowest BCUT2D eigenvalue weighted by Crippen LogP contribution is -2.37. The number of hydrogen-bond acceptors (Lipinski definition) is 2. The molecule has 16 heavy (non-hydrogen) atoms. The SMILES string of the molecule is CC(=O)C(C)NC(=O)c1cccc(Cl)c1F. The largest absolute Gasteiger partial charge is 0.342 e. The molecule has 0 aliphatic heterocycles. The summed E-state index contributed by atoms with van der Waals surface area (Å²) in [6.07, 6.45) is 0.